The zero-order valence-electron chi connectivity index (χ0n) is 16.1. The fourth-order valence-electron chi connectivity index (χ4n) is 3.22. The van der Waals surface area contributed by atoms with Gasteiger partial charge in [0.05, 0.1) is 10.6 Å². The van der Waals surface area contributed by atoms with Crippen molar-refractivity contribution < 1.29 is 17.6 Å². The van der Waals surface area contributed by atoms with Crippen molar-refractivity contribution in [1.82, 2.24) is 19.0 Å². The van der Waals surface area contributed by atoms with Gasteiger partial charge in [0.1, 0.15) is 5.82 Å². The van der Waals surface area contributed by atoms with Crippen LogP contribution in [0.5, 0.6) is 0 Å². The third-order valence-electron chi connectivity index (χ3n) is 4.94. The van der Waals surface area contributed by atoms with E-state index in [0.29, 0.717) is 0 Å². The molecule has 0 bridgehead atoms. The quantitative estimate of drug-likeness (QED) is 0.725. The summed E-state index contributed by atoms with van der Waals surface area (Å²) in [5, 5.41) is 4.31. The van der Waals surface area contributed by atoms with Gasteiger partial charge in [0.25, 0.3) is 0 Å². The molecule has 150 valence electrons. The predicted octanol–water partition coefficient (Wildman–Crippen LogP) is 1.72. The minimum atomic E-state index is -3.77. The number of hydrogen-bond acceptors (Lipinski definition) is 4. The molecule has 1 aromatic carbocycles. The lowest BCUT2D eigenvalue weighted by Crippen LogP contribution is -2.50. The fraction of sp³-hybridized carbons (Fsp3) is 0.368. The van der Waals surface area contributed by atoms with E-state index in [1.54, 1.807) is 15.7 Å². The van der Waals surface area contributed by atoms with Crippen LogP contribution in [-0.4, -0.2) is 59.5 Å². The second-order valence-corrected chi connectivity index (χ2v) is 8.67. The van der Waals surface area contributed by atoms with E-state index >= 15 is 0 Å². The fourth-order valence-corrected chi connectivity index (χ4v) is 4.67. The van der Waals surface area contributed by atoms with Crippen LogP contribution in [0.2, 0.25) is 0 Å². The average molecular weight is 406 g/mol. The maximum atomic E-state index is 13.4. The first-order valence-electron chi connectivity index (χ1n) is 8.93. The summed E-state index contributed by atoms with van der Waals surface area (Å²) in [5.41, 5.74) is 2.71. The van der Waals surface area contributed by atoms with Gasteiger partial charge >= 0.3 is 0 Å². The van der Waals surface area contributed by atoms with E-state index in [2.05, 4.69) is 5.10 Å². The van der Waals surface area contributed by atoms with Crippen molar-refractivity contribution in [3.8, 4) is 0 Å². The summed E-state index contributed by atoms with van der Waals surface area (Å²) < 4.78 is 41.7. The highest BCUT2D eigenvalue weighted by Gasteiger charge is 2.29. The van der Waals surface area contributed by atoms with Crippen molar-refractivity contribution in [3.63, 3.8) is 0 Å². The largest absolute Gasteiger partial charge is 0.337 e. The lowest BCUT2D eigenvalue weighted by Gasteiger charge is -2.33. The van der Waals surface area contributed by atoms with Crippen LogP contribution in [0.3, 0.4) is 0 Å². The Hall–Kier alpha value is -2.52. The highest BCUT2D eigenvalue weighted by atomic mass is 32.2. The molecule has 1 fully saturated rings. The first-order valence-corrected chi connectivity index (χ1v) is 10.4. The van der Waals surface area contributed by atoms with Crippen LogP contribution in [0, 0.1) is 19.7 Å². The molecule has 9 heteroatoms. The molecule has 2 heterocycles. The van der Waals surface area contributed by atoms with Crippen molar-refractivity contribution >= 4 is 22.0 Å². The number of benzene rings is 1. The molecule has 2 aromatic rings. The predicted molar refractivity (Wildman–Crippen MR) is 103 cm³/mol. The average Bonchev–Trinajstić information content (AvgIpc) is 2.91. The molecule has 7 nitrogen and oxygen atoms in total. The number of aryl methyl sites for hydroxylation is 2. The van der Waals surface area contributed by atoms with Crippen LogP contribution >= 0.6 is 0 Å². The molecule has 3 rings (SSSR count). The molecule has 0 unspecified atom stereocenters. The Kier molecular flexibility index (Phi) is 5.66. The zero-order chi connectivity index (χ0) is 20.5. The molecule has 1 aromatic heterocycles. The van der Waals surface area contributed by atoms with E-state index in [9.17, 15) is 17.6 Å². The molecule has 0 spiro atoms. The Labute approximate surface area is 164 Å². The summed E-state index contributed by atoms with van der Waals surface area (Å²) in [6.45, 7) is 4.71. The third kappa shape index (κ3) is 4.00. The van der Waals surface area contributed by atoms with Crippen LogP contribution in [0.15, 0.2) is 35.2 Å². The molecule has 0 saturated carbocycles. The summed E-state index contributed by atoms with van der Waals surface area (Å²) in [6, 6.07) is 4.95. The van der Waals surface area contributed by atoms with Gasteiger partial charge in [0.2, 0.25) is 15.9 Å². The molecule has 1 aliphatic heterocycles. The monoisotopic (exact) mass is 406 g/mol. The van der Waals surface area contributed by atoms with Gasteiger partial charge in [-0.1, -0.05) is 6.07 Å². The van der Waals surface area contributed by atoms with E-state index in [-0.39, 0.29) is 37.0 Å². The van der Waals surface area contributed by atoms with Crippen LogP contribution in [-0.2, 0) is 21.9 Å². The lowest BCUT2D eigenvalue weighted by atomic mass is 10.2. The number of piperazine rings is 1. The normalized spacial score (nSPS) is 16.1. The van der Waals surface area contributed by atoms with Crippen LogP contribution < -0.4 is 0 Å². The molecule has 1 aliphatic rings. The van der Waals surface area contributed by atoms with Gasteiger partial charge in [-0.15, -0.1) is 0 Å². The van der Waals surface area contributed by atoms with Crippen molar-refractivity contribution in [1.29, 1.82) is 0 Å². The molecule has 0 radical (unpaired) electrons. The van der Waals surface area contributed by atoms with Gasteiger partial charge in [0, 0.05) is 50.6 Å². The summed E-state index contributed by atoms with van der Waals surface area (Å²) in [7, 11) is -1.92. The molecule has 1 amide bonds. The molecular weight excluding hydrogens is 383 g/mol. The van der Waals surface area contributed by atoms with Gasteiger partial charge in [-0.05, 0) is 38.1 Å². The summed E-state index contributed by atoms with van der Waals surface area (Å²) in [4.78, 5) is 14.0. The standard InChI is InChI=1S/C19H23FN4O3S/c1-14-18(15(2)22(3)21-14)7-8-19(25)23-9-11-24(12-10-23)28(26,27)17-6-4-5-16(20)13-17/h4-8,13H,9-12H2,1-3H3/b8-7+. The van der Waals surface area contributed by atoms with Crippen LogP contribution in [0.1, 0.15) is 17.0 Å². The van der Waals surface area contributed by atoms with E-state index in [4.69, 9.17) is 0 Å². The van der Waals surface area contributed by atoms with Crippen molar-refractivity contribution in [2.75, 3.05) is 26.2 Å². The number of carbonyl (C=O) groups excluding carboxylic acids is 1. The minimum Gasteiger partial charge on any atom is -0.337 e. The third-order valence-corrected chi connectivity index (χ3v) is 6.84. The zero-order valence-corrected chi connectivity index (χ0v) is 16.9. The van der Waals surface area contributed by atoms with Crippen molar-refractivity contribution in [2.24, 2.45) is 7.05 Å². The number of aromatic nitrogens is 2. The minimum absolute atomic E-state index is 0.0744. The van der Waals surface area contributed by atoms with Crippen LogP contribution in [0.4, 0.5) is 4.39 Å². The Morgan fingerprint density at radius 1 is 1.18 bits per heavy atom. The molecule has 0 atom stereocenters. The maximum Gasteiger partial charge on any atom is 0.246 e. The molecular formula is C19H23FN4O3S. The van der Waals surface area contributed by atoms with Crippen LogP contribution in [0.25, 0.3) is 6.08 Å². The maximum absolute atomic E-state index is 13.4. The Morgan fingerprint density at radius 2 is 1.86 bits per heavy atom. The topological polar surface area (TPSA) is 75.5 Å². The lowest BCUT2D eigenvalue weighted by molar-refractivity contribution is -0.127. The smallest absolute Gasteiger partial charge is 0.246 e. The van der Waals surface area contributed by atoms with Gasteiger partial charge < -0.3 is 4.90 Å². The second-order valence-electron chi connectivity index (χ2n) is 6.73. The molecule has 0 aliphatic carbocycles. The van der Waals surface area contributed by atoms with E-state index in [1.165, 1.54) is 28.6 Å². The van der Waals surface area contributed by atoms with Gasteiger partial charge in [-0.2, -0.15) is 9.40 Å². The summed E-state index contributed by atoms with van der Waals surface area (Å²) in [6.07, 6.45) is 3.24. The Morgan fingerprint density at radius 3 is 2.43 bits per heavy atom. The van der Waals surface area contributed by atoms with E-state index < -0.39 is 15.8 Å². The summed E-state index contributed by atoms with van der Waals surface area (Å²) >= 11 is 0. The molecule has 28 heavy (non-hydrogen) atoms. The first-order chi connectivity index (χ1) is 13.2. The number of amides is 1. The number of carbonyl (C=O) groups is 1. The highest BCUT2D eigenvalue weighted by Crippen LogP contribution is 2.19. The Bertz CT molecular complexity index is 1020. The first kappa shape index (κ1) is 20.2. The molecule has 1 saturated heterocycles. The number of sulfonamides is 1. The number of rotatable bonds is 4. The van der Waals surface area contributed by atoms with Crippen molar-refractivity contribution in [3.05, 3.63) is 53.1 Å². The number of nitrogens with zero attached hydrogens (tertiary/aromatic N) is 4. The highest BCUT2D eigenvalue weighted by molar-refractivity contribution is 7.89. The van der Waals surface area contributed by atoms with Gasteiger partial charge in [-0.3, -0.25) is 9.48 Å². The SMILES string of the molecule is Cc1nn(C)c(C)c1/C=C/C(=O)N1CCN(S(=O)(=O)c2cccc(F)c2)CC1. The van der Waals surface area contributed by atoms with E-state index in [1.807, 2.05) is 20.9 Å². The van der Waals surface area contributed by atoms with Crippen molar-refractivity contribution in [2.45, 2.75) is 18.7 Å². The number of halogens is 1. The summed E-state index contributed by atoms with van der Waals surface area (Å²) in [5.74, 6) is -0.772. The van der Waals surface area contributed by atoms with E-state index in [0.717, 1.165) is 23.0 Å². The Balaban J connectivity index is 1.65. The van der Waals surface area contributed by atoms with Gasteiger partial charge in [0.15, 0.2) is 0 Å². The van der Waals surface area contributed by atoms with Gasteiger partial charge in [-0.25, -0.2) is 12.8 Å². The number of hydrogen-bond donors (Lipinski definition) is 0. The second kappa shape index (κ2) is 7.84. The molecule has 0 N–H and O–H groups in total.